The van der Waals surface area contributed by atoms with Crippen molar-refractivity contribution in [3.05, 3.63) is 0 Å². The first-order valence-electron chi connectivity index (χ1n) is 8.69. The summed E-state index contributed by atoms with van der Waals surface area (Å²) >= 11 is 0. The molecule has 4 heteroatoms. The molecule has 1 amide bonds. The van der Waals surface area contributed by atoms with Gasteiger partial charge in [0.05, 0.1) is 6.54 Å². The fourth-order valence-corrected chi connectivity index (χ4v) is 3.29. The summed E-state index contributed by atoms with van der Waals surface area (Å²) in [4.78, 5) is 14.6. The molecule has 1 unspecified atom stereocenters. The van der Waals surface area contributed by atoms with Crippen molar-refractivity contribution in [3.8, 4) is 0 Å². The highest BCUT2D eigenvalue weighted by Crippen LogP contribution is 2.31. The molecule has 124 valence electrons. The van der Waals surface area contributed by atoms with Gasteiger partial charge in [0.25, 0.3) is 0 Å². The van der Waals surface area contributed by atoms with E-state index >= 15 is 0 Å². The highest BCUT2D eigenvalue weighted by molar-refractivity contribution is 5.78. The van der Waals surface area contributed by atoms with Gasteiger partial charge in [0, 0.05) is 18.1 Å². The second kappa shape index (κ2) is 8.74. The Labute approximate surface area is 130 Å². The van der Waals surface area contributed by atoms with Gasteiger partial charge in [0.2, 0.25) is 5.91 Å². The van der Waals surface area contributed by atoms with Crippen LogP contribution in [0.5, 0.6) is 0 Å². The molecule has 0 aromatic carbocycles. The molecule has 1 aliphatic carbocycles. The molecule has 0 spiro atoms. The van der Waals surface area contributed by atoms with Crippen LogP contribution >= 0.6 is 0 Å². The Morgan fingerprint density at radius 2 is 1.76 bits per heavy atom. The van der Waals surface area contributed by atoms with E-state index in [0.717, 1.165) is 19.4 Å². The number of likely N-dealkylation sites (N-methyl/N-ethyl adjacent to an activating group) is 1. The van der Waals surface area contributed by atoms with Crippen molar-refractivity contribution in [1.29, 1.82) is 0 Å². The summed E-state index contributed by atoms with van der Waals surface area (Å²) in [5, 5.41) is 3.12. The molecule has 0 radical (unpaired) electrons. The van der Waals surface area contributed by atoms with Crippen LogP contribution in [-0.2, 0) is 4.79 Å². The van der Waals surface area contributed by atoms with Crippen molar-refractivity contribution >= 4 is 5.91 Å². The van der Waals surface area contributed by atoms with Gasteiger partial charge in [-0.2, -0.15) is 0 Å². The van der Waals surface area contributed by atoms with E-state index in [-0.39, 0.29) is 17.5 Å². The molecule has 0 aliphatic heterocycles. The molecule has 1 atom stereocenters. The van der Waals surface area contributed by atoms with Gasteiger partial charge in [0.1, 0.15) is 0 Å². The Bertz CT molecular complexity index is 309. The van der Waals surface area contributed by atoms with Gasteiger partial charge in [-0.1, -0.05) is 46.5 Å². The van der Waals surface area contributed by atoms with Gasteiger partial charge in [-0.15, -0.1) is 0 Å². The minimum absolute atomic E-state index is 0.0314. The first kappa shape index (κ1) is 18.4. The van der Waals surface area contributed by atoms with E-state index in [1.165, 1.54) is 25.7 Å². The van der Waals surface area contributed by atoms with Crippen LogP contribution in [-0.4, -0.2) is 42.0 Å². The van der Waals surface area contributed by atoms with Crippen molar-refractivity contribution < 1.29 is 4.79 Å². The maximum absolute atomic E-state index is 12.3. The summed E-state index contributed by atoms with van der Waals surface area (Å²) in [7, 11) is 0. The van der Waals surface area contributed by atoms with Crippen LogP contribution < -0.4 is 11.1 Å². The van der Waals surface area contributed by atoms with E-state index < -0.39 is 0 Å². The summed E-state index contributed by atoms with van der Waals surface area (Å²) < 4.78 is 0. The van der Waals surface area contributed by atoms with Crippen molar-refractivity contribution in [3.63, 3.8) is 0 Å². The second-order valence-corrected chi connectivity index (χ2v) is 6.96. The van der Waals surface area contributed by atoms with Crippen LogP contribution in [0.25, 0.3) is 0 Å². The molecular formula is C17H35N3O. The Morgan fingerprint density at radius 1 is 1.19 bits per heavy atom. The maximum Gasteiger partial charge on any atom is 0.234 e. The molecular weight excluding hydrogens is 262 g/mol. The van der Waals surface area contributed by atoms with Crippen LogP contribution in [0.2, 0.25) is 0 Å². The fraction of sp³-hybridized carbons (Fsp3) is 0.941. The summed E-state index contributed by atoms with van der Waals surface area (Å²) in [6.45, 7) is 10.5. The molecule has 1 fully saturated rings. The zero-order valence-electron chi connectivity index (χ0n) is 14.5. The van der Waals surface area contributed by atoms with Crippen molar-refractivity contribution in [2.75, 3.05) is 19.6 Å². The molecule has 0 aromatic heterocycles. The van der Waals surface area contributed by atoms with E-state index in [1.807, 2.05) is 0 Å². The van der Waals surface area contributed by atoms with Crippen LogP contribution in [0.15, 0.2) is 0 Å². The van der Waals surface area contributed by atoms with Crippen LogP contribution in [0.3, 0.4) is 0 Å². The van der Waals surface area contributed by atoms with Gasteiger partial charge >= 0.3 is 0 Å². The third-order valence-corrected chi connectivity index (χ3v) is 5.19. The average molecular weight is 297 g/mol. The number of nitrogens with one attached hydrogen (secondary N) is 1. The zero-order valence-corrected chi connectivity index (χ0v) is 14.5. The lowest BCUT2D eigenvalue weighted by atomic mass is 9.88. The lowest BCUT2D eigenvalue weighted by Gasteiger charge is -2.42. The normalized spacial score (nSPS) is 20.3. The summed E-state index contributed by atoms with van der Waals surface area (Å²) in [5.74, 6) is 0.598. The smallest absolute Gasteiger partial charge is 0.234 e. The maximum atomic E-state index is 12.3. The highest BCUT2D eigenvalue weighted by Gasteiger charge is 2.36. The van der Waals surface area contributed by atoms with Crippen molar-refractivity contribution in [2.24, 2.45) is 11.7 Å². The molecule has 0 aromatic rings. The molecule has 4 nitrogen and oxygen atoms in total. The van der Waals surface area contributed by atoms with Gasteiger partial charge in [0.15, 0.2) is 0 Å². The molecule has 1 saturated carbocycles. The number of nitrogens with two attached hydrogens (primary N) is 1. The highest BCUT2D eigenvalue weighted by atomic mass is 16.2. The monoisotopic (exact) mass is 297 g/mol. The first-order chi connectivity index (χ1) is 9.95. The second-order valence-electron chi connectivity index (χ2n) is 6.96. The standard InChI is InChI=1S/C17H35N3O/c1-5-20(12-16(21)19-15(4)14(2)3)17(13-18)10-8-6-7-9-11-17/h14-15H,5-13,18H2,1-4H3,(H,19,21). The molecule has 0 bridgehead atoms. The Balaban J connectivity index is 2.68. The Kier molecular flexibility index (Phi) is 7.67. The first-order valence-corrected chi connectivity index (χ1v) is 8.69. The van der Waals surface area contributed by atoms with Gasteiger partial charge in [-0.25, -0.2) is 0 Å². The number of amides is 1. The van der Waals surface area contributed by atoms with Crippen LogP contribution in [0.1, 0.15) is 66.2 Å². The Morgan fingerprint density at radius 3 is 2.19 bits per heavy atom. The number of rotatable bonds is 7. The van der Waals surface area contributed by atoms with Crippen molar-refractivity contribution in [1.82, 2.24) is 10.2 Å². The minimum Gasteiger partial charge on any atom is -0.352 e. The zero-order chi connectivity index (χ0) is 15.9. The molecule has 3 N–H and O–H groups in total. The van der Waals surface area contributed by atoms with E-state index in [9.17, 15) is 4.79 Å². The lowest BCUT2D eigenvalue weighted by Crippen LogP contribution is -2.57. The quantitative estimate of drug-likeness (QED) is 0.710. The number of nitrogens with zero attached hydrogens (tertiary/aromatic N) is 1. The van der Waals surface area contributed by atoms with Gasteiger partial charge in [-0.3, -0.25) is 9.69 Å². The molecule has 0 saturated heterocycles. The van der Waals surface area contributed by atoms with Crippen LogP contribution in [0.4, 0.5) is 0 Å². The summed E-state index contributed by atoms with van der Waals surface area (Å²) in [5.41, 5.74) is 6.17. The lowest BCUT2D eigenvalue weighted by molar-refractivity contribution is -0.124. The van der Waals surface area contributed by atoms with Crippen LogP contribution in [0, 0.1) is 5.92 Å². The largest absolute Gasteiger partial charge is 0.352 e. The fourth-order valence-electron chi connectivity index (χ4n) is 3.29. The van der Waals surface area contributed by atoms with E-state index in [4.69, 9.17) is 5.73 Å². The van der Waals surface area contributed by atoms with Gasteiger partial charge < -0.3 is 11.1 Å². The summed E-state index contributed by atoms with van der Waals surface area (Å²) in [6.07, 6.45) is 7.33. The Hall–Kier alpha value is -0.610. The van der Waals surface area contributed by atoms with Crippen molar-refractivity contribution in [2.45, 2.75) is 77.8 Å². The SMILES string of the molecule is CCN(CC(=O)NC(C)C(C)C)C1(CN)CCCCCC1. The average Bonchev–Trinajstić information content (AvgIpc) is 2.70. The van der Waals surface area contributed by atoms with Gasteiger partial charge in [-0.05, 0) is 32.2 Å². The third kappa shape index (κ3) is 5.26. The number of hydrogen-bond acceptors (Lipinski definition) is 3. The molecule has 21 heavy (non-hydrogen) atoms. The van der Waals surface area contributed by atoms with E-state index in [2.05, 4.69) is 37.9 Å². The van der Waals surface area contributed by atoms with E-state index in [1.54, 1.807) is 0 Å². The topological polar surface area (TPSA) is 58.4 Å². The minimum atomic E-state index is 0.0314. The predicted molar refractivity (Wildman–Crippen MR) is 89.2 cm³/mol. The molecule has 0 heterocycles. The van der Waals surface area contributed by atoms with E-state index in [0.29, 0.717) is 19.0 Å². The number of carbonyl (C=O) groups excluding carboxylic acids is 1. The molecule has 1 rings (SSSR count). The third-order valence-electron chi connectivity index (χ3n) is 5.19. The number of hydrogen-bond donors (Lipinski definition) is 2. The predicted octanol–water partition coefficient (Wildman–Crippen LogP) is 2.52. The molecule has 1 aliphatic rings. The number of carbonyl (C=O) groups is 1. The summed E-state index contributed by atoms with van der Waals surface area (Å²) in [6, 6.07) is 0.221.